The van der Waals surface area contributed by atoms with Gasteiger partial charge in [0.25, 0.3) is 0 Å². The predicted octanol–water partition coefficient (Wildman–Crippen LogP) is 4.85. The molecule has 0 aliphatic rings. The quantitative estimate of drug-likeness (QED) is 0.688. The first-order chi connectivity index (χ1) is 7.09. The zero-order valence-electron chi connectivity index (χ0n) is 11.0. The molecule has 90 valence electrons. The molecule has 0 heterocycles. The fourth-order valence-electron chi connectivity index (χ4n) is 1.38. The Morgan fingerprint density at radius 1 is 1.12 bits per heavy atom. The van der Waals surface area contributed by atoms with Crippen LogP contribution in [0.25, 0.3) is 0 Å². The van der Waals surface area contributed by atoms with E-state index in [0.717, 1.165) is 10.8 Å². The van der Waals surface area contributed by atoms with Crippen molar-refractivity contribution in [1.29, 1.82) is 0 Å². The average Bonchev–Trinajstić information content (AvgIpc) is 2.04. The van der Waals surface area contributed by atoms with E-state index < -0.39 is 8.32 Å². The molecule has 1 rings (SSSR count). The van der Waals surface area contributed by atoms with Crippen molar-refractivity contribution >= 4 is 19.9 Å². The predicted molar refractivity (Wildman–Crippen MR) is 74.1 cm³/mol. The minimum Gasteiger partial charge on any atom is -0.543 e. The Labute approximate surface area is 105 Å². The SMILES string of the molecule is CC(C)(C)c1ccc(O[Si](C)(C)C)c(Cl)c1. The van der Waals surface area contributed by atoms with Gasteiger partial charge in [0.2, 0.25) is 8.32 Å². The third-order valence-electron chi connectivity index (χ3n) is 2.21. The second-order valence-corrected chi connectivity index (χ2v) is 10.9. The summed E-state index contributed by atoms with van der Waals surface area (Å²) in [6.07, 6.45) is 0. The van der Waals surface area contributed by atoms with E-state index in [1.54, 1.807) is 0 Å². The van der Waals surface area contributed by atoms with Crippen LogP contribution in [0.3, 0.4) is 0 Å². The molecule has 1 aromatic carbocycles. The lowest BCUT2D eigenvalue weighted by atomic mass is 9.87. The van der Waals surface area contributed by atoms with Gasteiger partial charge in [0.15, 0.2) is 0 Å². The van der Waals surface area contributed by atoms with Crippen LogP contribution in [0, 0.1) is 0 Å². The molecule has 0 unspecified atom stereocenters. The third-order valence-corrected chi connectivity index (χ3v) is 3.34. The van der Waals surface area contributed by atoms with Crippen LogP contribution in [0.1, 0.15) is 26.3 Å². The first kappa shape index (κ1) is 13.6. The lowest BCUT2D eigenvalue weighted by molar-refractivity contribution is 0.553. The summed E-state index contributed by atoms with van der Waals surface area (Å²) in [5.41, 5.74) is 1.36. The van der Waals surface area contributed by atoms with E-state index >= 15 is 0 Å². The van der Waals surface area contributed by atoms with Crippen molar-refractivity contribution in [3.05, 3.63) is 28.8 Å². The topological polar surface area (TPSA) is 9.23 Å². The van der Waals surface area contributed by atoms with Crippen LogP contribution in [-0.4, -0.2) is 8.32 Å². The van der Waals surface area contributed by atoms with Crippen molar-refractivity contribution in [3.63, 3.8) is 0 Å². The highest BCUT2D eigenvalue weighted by Gasteiger charge is 2.20. The summed E-state index contributed by atoms with van der Waals surface area (Å²) in [7, 11) is -1.58. The molecule has 0 amide bonds. The van der Waals surface area contributed by atoms with Gasteiger partial charge < -0.3 is 4.43 Å². The zero-order chi connectivity index (χ0) is 12.6. The highest BCUT2D eigenvalue weighted by Crippen LogP contribution is 2.32. The second-order valence-electron chi connectivity index (χ2n) is 6.11. The molecule has 1 aromatic rings. The van der Waals surface area contributed by atoms with Gasteiger partial charge in [-0.2, -0.15) is 0 Å². The summed E-state index contributed by atoms with van der Waals surface area (Å²) in [4.78, 5) is 0. The van der Waals surface area contributed by atoms with Crippen LogP contribution < -0.4 is 4.43 Å². The van der Waals surface area contributed by atoms with E-state index in [0.29, 0.717) is 0 Å². The molecule has 0 radical (unpaired) electrons. The average molecular weight is 257 g/mol. The van der Waals surface area contributed by atoms with Crippen LogP contribution in [0.15, 0.2) is 18.2 Å². The van der Waals surface area contributed by atoms with E-state index in [4.69, 9.17) is 16.0 Å². The molecule has 0 aliphatic heterocycles. The first-order valence-corrected chi connectivity index (χ1v) is 9.37. The number of halogens is 1. The molecule has 3 heteroatoms. The summed E-state index contributed by atoms with van der Waals surface area (Å²) in [5, 5.41) is 0.717. The van der Waals surface area contributed by atoms with Crippen molar-refractivity contribution in [2.45, 2.75) is 45.8 Å². The van der Waals surface area contributed by atoms with Gasteiger partial charge in [-0.1, -0.05) is 38.4 Å². The maximum atomic E-state index is 6.24. The van der Waals surface area contributed by atoms with Crippen LogP contribution in [0.2, 0.25) is 24.7 Å². The Hall–Kier alpha value is -0.473. The summed E-state index contributed by atoms with van der Waals surface area (Å²) in [5.74, 6) is 0.814. The van der Waals surface area contributed by atoms with Gasteiger partial charge in [-0.15, -0.1) is 0 Å². The number of hydrogen-bond donors (Lipinski definition) is 0. The summed E-state index contributed by atoms with van der Waals surface area (Å²) >= 11 is 6.24. The zero-order valence-corrected chi connectivity index (χ0v) is 12.8. The van der Waals surface area contributed by atoms with Gasteiger partial charge in [-0.05, 0) is 42.8 Å². The Morgan fingerprint density at radius 2 is 1.69 bits per heavy atom. The number of hydrogen-bond acceptors (Lipinski definition) is 1. The van der Waals surface area contributed by atoms with Gasteiger partial charge in [0.1, 0.15) is 5.75 Å². The van der Waals surface area contributed by atoms with Crippen molar-refractivity contribution in [2.75, 3.05) is 0 Å². The highest BCUT2D eigenvalue weighted by atomic mass is 35.5. The van der Waals surface area contributed by atoms with E-state index in [-0.39, 0.29) is 5.41 Å². The monoisotopic (exact) mass is 256 g/mol. The lowest BCUT2D eigenvalue weighted by Crippen LogP contribution is -2.29. The third kappa shape index (κ3) is 3.83. The Kier molecular flexibility index (Phi) is 3.75. The maximum Gasteiger partial charge on any atom is 0.242 e. The van der Waals surface area contributed by atoms with E-state index in [9.17, 15) is 0 Å². The van der Waals surface area contributed by atoms with Crippen molar-refractivity contribution in [2.24, 2.45) is 0 Å². The molecular weight excluding hydrogens is 236 g/mol. The minimum absolute atomic E-state index is 0.126. The molecule has 16 heavy (non-hydrogen) atoms. The Balaban J connectivity index is 3.01. The van der Waals surface area contributed by atoms with Crippen LogP contribution >= 0.6 is 11.6 Å². The fourth-order valence-corrected chi connectivity index (χ4v) is 2.50. The van der Waals surface area contributed by atoms with Crippen LogP contribution in [0.4, 0.5) is 0 Å². The number of benzene rings is 1. The van der Waals surface area contributed by atoms with Crippen molar-refractivity contribution < 1.29 is 4.43 Å². The number of rotatable bonds is 2. The normalized spacial score (nSPS) is 12.7. The van der Waals surface area contributed by atoms with Crippen LogP contribution in [-0.2, 0) is 5.41 Å². The van der Waals surface area contributed by atoms with Gasteiger partial charge in [0, 0.05) is 0 Å². The van der Waals surface area contributed by atoms with E-state index in [1.165, 1.54) is 5.56 Å². The van der Waals surface area contributed by atoms with E-state index in [2.05, 4.69) is 46.5 Å². The molecule has 0 atom stereocenters. The Bertz CT molecular complexity index is 374. The Morgan fingerprint density at radius 3 is 2.06 bits per heavy atom. The standard InChI is InChI=1S/C13H21ClOSi/c1-13(2,3)10-7-8-12(11(14)9-10)15-16(4,5)6/h7-9H,1-6H3. The lowest BCUT2D eigenvalue weighted by Gasteiger charge is -2.23. The molecule has 0 bridgehead atoms. The van der Waals surface area contributed by atoms with Crippen LogP contribution in [0.5, 0.6) is 5.75 Å². The molecule has 0 aliphatic carbocycles. The summed E-state index contributed by atoms with van der Waals surface area (Å²) < 4.78 is 5.91. The second kappa shape index (κ2) is 4.42. The summed E-state index contributed by atoms with van der Waals surface area (Å²) in [6.45, 7) is 13.0. The van der Waals surface area contributed by atoms with E-state index in [1.807, 2.05) is 12.1 Å². The first-order valence-electron chi connectivity index (χ1n) is 5.59. The molecule has 0 N–H and O–H groups in total. The van der Waals surface area contributed by atoms with Gasteiger partial charge in [-0.25, -0.2) is 0 Å². The maximum absolute atomic E-state index is 6.24. The smallest absolute Gasteiger partial charge is 0.242 e. The van der Waals surface area contributed by atoms with Gasteiger partial charge in [-0.3, -0.25) is 0 Å². The minimum atomic E-state index is -1.58. The molecular formula is C13H21ClOSi. The molecule has 0 spiro atoms. The summed E-state index contributed by atoms with van der Waals surface area (Å²) in [6, 6.07) is 6.10. The van der Waals surface area contributed by atoms with Gasteiger partial charge >= 0.3 is 0 Å². The highest BCUT2D eigenvalue weighted by molar-refractivity contribution is 6.70. The fraction of sp³-hybridized carbons (Fsp3) is 0.538. The van der Waals surface area contributed by atoms with Crippen molar-refractivity contribution in [1.82, 2.24) is 0 Å². The molecule has 0 fully saturated rings. The molecule has 1 nitrogen and oxygen atoms in total. The largest absolute Gasteiger partial charge is 0.543 e. The molecule has 0 aromatic heterocycles. The van der Waals surface area contributed by atoms with Crippen molar-refractivity contribution in [3.8, 4) is 5.75 Å². The molecule has 0 saturated heterocycles. The molecule has 0 saturated carbocycles. The van der Waals surface area contributed by atoms with Gasteiger partial charge in [0.05, 0.1) is 5.02 Å².